The van der Waals surface area contributed by atoms with Crippen molar-refractivity contribution in [2.45, 2.75) is 52.0 Å². The maximum absolute atomic E-state index is 4.22. The van der Waals surface area contributed by atoms with Crippen LogP contribution in [0.4, 0.5) is 0 Å². The van der Waals surface area contributed by atoms with Crippen LogP contribution in [0.15, 0.2) is 12.3 Å². The number of nitrogens with one attached hydrogen (secondary N) is 1. The van der Waals surface area contributed by atoms with Gasteiger partial charge in [0.05, 0.1) is 5.69 Å². The van der Waals surface area contributed by atoms with E-state index in [-0.39, 0.29) is 0 Å². The van der Waals surface area contributed by atoms with E-state index in [1.165, 1.54) is 37.8 Å². The fourth-order valence-electron chi connectivity index (χ4n) is 3.24. The zero-order valence-corrected chi connectivity index (χ0v) is 12.0. The van der Waals surface area contributed by atoms with E-state index in [0.717, 1.165) is 18.4 Å². The summed E-state index contributed by atoms with van der Waals surface area (Å²) in [5, 5.41) is 7.85. The first-order valence-corrected chi connectivity index (χ1v) is 7.38. The van der Waals surface area contributed by atoms with Gasteiger partial charge in [0.15, 0.2) is 0 Å². The molecule has 0 amide bonds. The lowest BCUT2D eigenvalue weighted by atomic mass is 9.81. The number of aryl methyl sites for hydroxylation is 1. The highest BCUT2D eigenvalue weighted by Crippen LogP contribution is 2.30. The Bertz CT molecular complexity index is 358. The molecule has 0 aromatic carbocycles. The molecule has 1 aliphatic carbocycles. The van der Waals surface area contributed by atoms with E-state index in [2.05, 4.69) is 30.3 Å². The van der Waals surface area contributed by atoms with Crippen LogP contribution in [-0.4, -0.2) is 16.3 Å². The van der Waals surface area contributed by atoms with Crippen LogP contribution in [0.5, 0.6) is 0 Å². The van der Waals surface area contributed by atoms with Gasteiger partial charge in [0.1, 0.15) is 0 Å². The predicted octanol–water partition coefficient (Wildman–Crippen LogP) is 3.29. The van der Waals surface area contributed by atoms with E-state index < -0.39 is 0 Å². The smallest absolute Gasteiger partial charge is 0.0547 e. The lowest BCUT2D eigenvalue weighted by Gasteiger charge is -2.27. The molecule has 1 fully saturated rings. The molecule has 0 spiro atoms. The highest BCUT2D eigenvalue weighted by atomic mass is 15.3. The molecule has 1 aromatic heterocycles. The zero-order valence-electron chi connectivity index (χ0n) is 12.0. The number of hydrogen-bond acceptors (Lipinski definition) is 2. The molecule has 1 saturated carbocycles. The molecule has 1 aromatic rings. The molecule has 2 rings (SSSR count). The van der Waals surface area contributed by atoms with Crippen molar-refractivity contribution in [1.82, 2.24) is 15.1 Å². The highest BCUT2D eigenvalue weighted by molar-refractivity contribution is 5.05. The highest BCUT2D eigenvalue weighted by Gasteiger charge is 2.18. The molecule has 3 unspecified atom stereocenters. The fraction of sp³-hybridized carbons (Fsp3) is 0.800. The molecule has 3 nitrogen and oxygen atoms in total. The molecule has 3 atom stereocenters. The largest absolute Gasteiger partial charge is 0.309 e. The van der Waals surface area contributed by atoms with Gasteiger partial charge in [0.25, 0.3) is 0 Å². The minimum atomic E-state index is 0.401. The van der Waals surface area contributed by atoms with Gasteiger partial charge in [-0.2, -0.15) is 5.10 Å². The van der Waals surface area contributed by atoms with Crippen LogP contribution in [-0.2, 0) is 7.05 Å². The second-order valence-corrected chi connectivity index (χ2v) is 5.98. The average Bonchev–Trinajstić information content (AvgIpc) is 2.75. The molecule has 1 aliphatic rings. The van der Waals surface area contributed by atoms with Crippen LogP contribution >= 0.6 is 0 Å². The molecule has 0 bridgehead atoms. The molecular formula is C15H27N3. The van der Waals surface area contributed by atoms with Crippen LogP contribution in [0.3, 0.4) is 0 Å². The van der Waals surface area contributed by atoms with Crippen molar-refractivity contribution in [2.24, 2.45) is 18.9 Å². The Kier molecular flexibility index (Phi) is 4.81. The molecule has 0 saturated heterocycles. The van der Waals surface area contributed by atoms with Crippen molar-refractivity contribution in [3.8, 4) is 0 Å². The Morgan fingerprint density at radius 2 is 2.33 bits per heavy atom. The number of nitrogens with zero attached hydrogens (tertiary/aromatic N) is 2. The summed E-state index contributed by atoms with van der Waals surface area (Å²) in [6.45, 7) is 5.75. The minimum absolute atomic E-state index is 0.401. The van der Waals surface area contributed by atoms with Gasteiger partial charge in [-0.05, 0) is 44.2 Å². The number of rotatable bonds is 5. The van der Waals surface area contributed by atoms with E-state index >= 15 is 0 Å². The molecule has 102 valence electrons. The molecule has 3 heteroatoms. The van der Waals surface area contributed by atoms with Gasteiger partial charge >= 0.3 is 0 Å². The Balaban J connectivity index is 1.70. The summed E-state index contributed by atoms with van der Waals surface area (Å²) in [5.41, 5.74) is 1.27. The maximum Gasteiger partial charge on any atom is 0.0547 e. The molecule has 1 heterocycles. The molecule has 18 heavy (non-hydrogen) atoms. The van der Waals surface area contributed by atoms with Crippen molar-refractivity contribution in [3.05, 3.63) is 18.0 Å². The SMILES string of the molecule is CC1CCCC(CCNC(C)c2ccnn2C)C1. The van der Waals surface area contributed by atoms with Crippen LogP contribution in [0.25, 0.3) is 0 Å². The lowest BCUT2D eigenvalue weighted by molar-refractivity contribution is 0.265. The summed E-state index contributed by atoms with van der Waals surface area (Å²) < 4.78 is 1.96. The van der Waals surface area contributed by atoms with Crippen LogP contribution < -0.4 is 5.32 Å². The van der Waals surface area contributed by atoms with E-state index in [0.29, 0.717) is 6.04 Å². The van der Waals surface area contributed by atoms with Gasteiger partial charge in [-0.1, -0.05) is 26.2 Å². The minimum Gasteiger partial charge on any atom is -0.309 e. The molecule has 0 radical (unpaired) electrons. The predicted molar refractivity (Wildman–Crippen MR) is 75.4 cm³/mol. The normalized spacial score (nSPS) is 26.2. The van der Waals surface area contributed by atoms with E-state index in [4.69, 9.17) is 0 Å². The second-order valence-electron chi connectivity index (χ2n) is 5.98. The second kappa shape index (κ2) is 6.37. The molecule has 1 N–H and O–H groups in total. The first-order chi connectivity index (χ1) is 8.66. The van der Waals surface area contributed by atoms with Gasteiger partial charge in [-0.15, -0.1) is 0 Å². The summed E-state index contributed by atoms with van der Waals surface area (Å²) in [7, 11) is 2.01. The average molecular weight is 249 g/mol. The van der Waals surface area contributed by atoms with Gasteiger partial charge in [-0.25, -0.2) is 0 Å². The van der Waals surface area contributed by atoms with E-state index in [9.17, 15) is 0 Å². The standard InChI is InChI=1S/C15H27N3/c1-12-5-4-6-14(11-12)7-9-16-13(2)15-8-10-17-18(15)3/h8,10,12-14,16H,4-7,9,11H2,1-3H3. The third-order valence-corrected chi connectivity index (χ3v) is 4.35. The molecular weight excluding hydrogens is 222 g/mol. The van der Waals surface area contributed by atoms with Crippen molar-refractivity contribution in [3.63, 3.8) is 0 Å². The van der Waals surface area contributed by atoms with Crippen molar-refractivity contribution in [1.29, 1.82) is 0 Å². The van der Waals surface area contributed by atoms with E-state index in [1.54, 1.807) is 0 Å². The quantitative estimate of drug-likeness (QED) is 0.868. The van der Waals surface area contributed by atoms with Crippen LogP contribution in [0.1, 0.15) is 57.7 Å². The van der Waals surface area contributed by atoms with Crippen molar-refractivity contribution in [2.75, 3.05) is 6.54 Å². The van der Waals surface area contributed by atoms with Crippen LogP contribution in [0.2, 0.25) is 0 Å². The van der Waals surface area contributed by atoms with Crippen molar-refractivity contribution < 1.29 is 0 Å². The van der Waals surface area contributed by atoms with Gasteiger partial charge in [0.2, 0.25) is 0 Å². The third kappa shape index (κ3) is 3.58. The summed E-state index contributed by atoms with van der Waals surface area (Å²) in [6, 6.07) is 2.50. The summed E-state index contributed by atoms with van der Waals surface area (Å²) in [6.07, 6.45) is 8.94. The Morgan fingerprint density at radius 1 is 1.50 bits per heavy atom. The molecule has 0 aliphatic heterocycles. The Hall–Kier alpha value is -0.830. The Morgan fingerprint density at radius 3 is 3.00 bits per heavy atom. The van der Waals surface area contributed by atoms with Crippen molar-refractivity contribution >= 4 is 0 Å². The van der Waals surface area contributed by atoms with Crippen LogP contribution in [0, 0.1) is 11.8 Å². The third-order valence-electron chi connectivity index (χ3n) is 4.35. The first-order valence-electron chi connectivity index (χ1n) is 7.38. The summed E-state index contributed by atoms with van der Waals surface area (Å²) >= 11 is 0. The fourth-order valence-corrected chi connectivity index (χ4v) is 3.24. The summed E-state index contributed by atoms with van der Waals surface area (Å²) in [5.74, 6) is 1.89. The van der Waals surface area contributed by atoms with E-state index in [1.807, 2.05) is 17.9 Å². The summed E-state index contributed by atoms with van der Waals surface area (Å²) in [4.78, 5) is 0. The Labute approximate surface area is 111 Å². The zero-order chi connectivity index (χ0) is 13.0. The number of hydrogen-bond donors (Lipinski definition) is 1. The monoisotopic (exact) mass is 249 g/mol. The van der Waals surface area contributed by atoms with Gasteiger partial charge < -0.3 is 5.32 Å². The van der Waals surface area contributed by atoms with Gasteiger partial charge in [-0.3, -0.25) is 4.68 Å². The first kappa shape index (κ1) is 13.6. The van der Waals surface area contributed by atoms with Gasteiger partial charge in [0, 0.05) is 19.3 Å². The lowest BCUT2D eigenvalue weighted by Crippen LogP contribution is -2.25. The number of aromatic nitrogens is 2. The topological polar surface area (TPSA) is 29.9 Å². The maximum atomic E-state index is 4.22.